The van der Waals surface area contributed by atoms with Gasteiger partial charge in [0, 0.05) is 22.7 Å². The minimum atomic E-state index is -2.96. The number of carbonyl (C=O) groups excluding carboxylic acids is 1. The van der Waals surface area contributed by atoms with Gasteiger partial charge in [0.2, 0.25) is 0 Å². The molecule has 38 heavy (non-hydrogen) atoms. The number of carbonyl (C=O) groups is 1. The molecular weight excluding hydrogens is 486 g/mol. The topological polar surface area (TPSA) is 90.9 Å². The number of nitrogens with zero attached hydrogens (tertiary/aromatic N) is 3. The van der Waals surface area contributed by atoms with Gasteiger partial charge in [-0.2, -0.15) is 9.99 Å². The fraction of sp³-hybridized carbons (Fsp3) is 0.233. The van der Waals surface area contributed by atoms with Crippen molar-refractivity contribution in [3.8, 4) is 28.6 Å². The Balaban J connectivity index is 1.50. The molecule has 0 saturated heterocycles. The van der Waals surface area contributed by atoms with E-state index in [2.05, 4.69) is 16.4 Å². The number of anilines is 1. The molecule has 0 bridgehead atoms. The van der Waals surface area contributed by atoms with Crippen LogP contribution in [0.25, 0.3) is 22.5 Å². The molecule has 192 valence electrons. The number of benzene rings is 3. The molecule has 1 aliphatic carbocycles. The summed E-state index contributed by atoms with van der Waals surface area (Å²) in [5, 5.41) is 23.3. The standard InChI is InChI=1S/C30H26F2N4O2/c1-17-6-4-7-18(2)26(17)21-12-20(16-33)13-22(14-21)28-34-19(3)27(36(28)38)29(37)35-25-9-5-8-24(15-25)30(31,32)23-10-11-23/h4-9,12-15,23,38H,10-11H2,1-3H3,(H,35,37). The van der Waals surface area contributed by atoms with Gasteiger partial charge in [-0.3, -0.25) is 4.79 Å². The fourth-order valence-electron chi connectivity index (χ4n) is 4.88. The zero-order valence-corrected chi connectivity index (χ0v) is 21.2. The Morgan fingerprint density at radius 3 is 2.37 bits per heavy atom. The number of nitrogens with one attached hydrogen (secondary N) is 1. The zero-order chi connectivity index (χ0) is 27.2. The van der Waals surface area contributed by atoms with Crippen LogP contribution >= 0.6 is 0 Å². The van der Waals surface area contributed by atoms with Crippen molar-refractivity contribution in [1.29, 1.82) is 5.26 Å². The largest absolute Gasteiger partial charge is 0.426 e. The van der Waals surface area contributed by atoms with Gasteiger partial charge in [-0.25, -0.2) is 13.8 Å². The van der Waals surface area contributed by atoms with Crippen molar-refractivity contribution in [3.05, 3.63) is 94.3 Å². The van der Waals surface area contributed by atoms with Gasteiger partial charge in [-0.05, 0) is 86.2 Å². The highest BCUT2D eigenvalue weighted by atomic mass is 19.3. The highest BCUT2D eigenvalue weighted by Crippen LogP contribution is 2.50. The number of aryl methyl sites for hydroxylation is 3. The molecule has 1 fully saturated rings. The maximum atomic E-state index is 14.6. The van der Waals surface area contributed by atoms with Gasteiger partial charge in [0.25, 0.3) is 11.8 Å². The van der Waals surface area contributed by atoms with Gasteiger partial charge in [0.05, 0.1) is 17.3 Å². The molecule has 0 aliphatic heterocycles. The summed E-state index contributed by atoms with van der Waals surface area (Å²) in [4.78, 5) is 17.5. The van der Waals surface area contributed by atoms with Gasteiger partial charge in [0.1, 0.15) is 0 Å². The number of nitriles is 1. The third-order valence-corrected chi connectivity index (χ3v) is 6.93. The number of amides is 1. The average Bonchev–Trinajstić information content (AvgIpc) is 3.69. The van der Waals surface area contributed by atoms with Crippen LogP contribution in [-0.4, -0.2) is 20.8 Å². The maximum Gasteiger partial charge on any atom is 0.277 e. The molecule has 0 radical (unpaired) electrons. The first-order valence-corrected chi connectivity index (χ1v) is 12.3. The first-order valence-electron chi connectivity index (χ1n) is 12.3. The minimum absolute atomic E-state index is 0.0891. The summed E-state index contributed by atoms with van der Waals surface area (Å²) in [5.41, 5.74) is 4.81. The van der Waals surface area contributed by atoms with Crippen LogP contribution in [0.1, 0.15) is 51.3 Å². The van der Waals surface area contributed by atoms with E-state index >= 15 is 0 Å². The van der Waals surface area contributed by atoms with Gasteiger partial charge in [-0.15, -0.1) is 0 Å². The zero-order valence-electron chi connectivity index (χ0n) is 21.2. The summed E-state index contributed by atoms with van der Waals surface area (Å²) >= 11 is 0. The fourth-order valence-corrected chi connectivity index (χ4v) is 4.88. The monoisotopic (exact) mass is 512 g/mol. The molecular formula is C30H26F2N4O2. The Labute approximate surface area is 219 Å². The lowest BCUT2D eigenvalue weighted by Gasteiger charge is -2.17. The van der Waals surface area contributed by atoms with Crippen LogP contribution in [0.5, 0.6) is 0 Å². The predicted molar refractivity (Wildman–Crippen MR) is 140 cm³/mol. The van der Waals surface area contributed by atoms with Crippen molar-refractivity contribution in [3.63, 3.8) is 0 Å². The highest BCUT2D eigenvalue weighted by Gasteiger charge is 2.48. The van der Waals surface area contributed by atoms with Gasteiger partial charge in [-0.1, -0.05) is 30.3 Å². The Kier molecular flexibility index (Phi) is 6.23. The molecule has 0 atom stereocenters. The van der Waals surface area contributed by atoms with Crippen molar-refractivity contribution in [2.75, 3.05) is 5.32 Å². The lowest BCUT2D eigenvalue weighted by molar-refractivity contribution is -0.0285. The summed E-state index contributed by atoms with van der Waals surface area (Å²) in [6.45, 7) is 5.54. The second-order valence-electron chi connectivity index (χ2n) is 9.79. The van der Waals surface area contributed by atoms with Crippen LogP contribution in [0.3, 0.4) is 0 Å². The third-order valence-electron chi connectivity index (χ3n) is 6.93. The lowest BCUT2D eigenvalue weighted by atomic mass is 9.93. The number of hydrogen-bond donors (Lipinski definition) is 2. The Bertz CT molecular complexity index is 1590. The second-order valence-corrected chi connectivity index (χ2v) is 9.79. The van der Waals surface area contributed by atoms with Crippen molar-refractivity contribution in [1.82, 2.24) is 9.71 Å². The van der Waals surface area contributed by atoms with Crippen LogP contribution in [0.4, 0.5) is 14.5 Å². The van der Waals surface area contributed by atoms with E-state index in [1.807, 2.05) is 38.1 Å². The summed E-state index contributed by atoms with van der Waals surface area (Å²) < 4.78 is 29.8. The minimum Gasteiger partial charge on any atom is -0.426 e. The van der Waals surface area contributed by atoms with Crippen molar-refractivity contribution < 1.29 is 18.8 Å². The van der Waals surface area contributed by atoms with E-state index < -0.39 is 17.7 Å². The molecule has 6 nitrogen and oxygen atoms in total. The molecule has 8 heteroatoms. The van der Waals surface area contributed by atoms with E-state index in [0.717, 1.165) is 22.3 Å². The summed E-state index contributed by atoms with van der Waals surface area (Å²) in [6.07, 6.45) is 0.959. The summed E-state index contributed by atoms with van der Waals surface area (Å²) in [6, 6.07) is 18.9. The molecule has 1 saturated carbocycles. The molecule has 1 aromatic heterocycles. The first-order chi connectivity index (χ1) is 18.1. The van der Waals surface area contributed by atoms with Crippen LogP contribution in [0, 0.1) is 38.0 Å². The molecule has 1 aliphatic rings. The molecule has 1 heterocycles. The summed E-state index contributed by atoms with van der Waals surface area (Å²) in [7, 11) is 0. The van der Waals surface area contributed by atoms with E-state index in [-0.39, 0.29) is 28.5 Å². The van der Waals surface area contributed by atoms with Crippen molar-refractivity contribution in [2.45, 2.75) is 39.5 Å². The SMILES string of the molecule is Cc1cccc(C)c1-c1cc(C#N)cc(-c2nc(C)c(C(=O)Nc3cccc(C(F)(F)C4CC4)c3)n2O)c1. The van der Waals surface area contributed by atoms with Crippen molar-refractivity contribution >= 4 is 11.6 Å². The molecule has 3 aromatic carbocycles. The number of rotatable bonds is 6. The molecule has 4 aromatic rings. The van der Waals surface area contributed by atoms with Crippen LogP contribution < -0.4 is 5.32 Å². The average molecular weight is 513 g/mol. The molecule has 2 N–H and O–H groups in total. The normalized spacial score (nSPS) is 13.3. The molecule has 0 unspecified atom stereocenters. The smallest absolute Gasteiger partial charge is 0.277 e. The predicted octanol–water partition coefficient (Wildman–Crippen LogP) is 7.01. The van der Waals surface area contributed by atoms with Crippen molar-refractivity contribution in [2.24, 2.45) is 5.92 Å². The van der Waals surface area contributed by atoms with Crippen LogP contribution in [-0.2, 0) is 5.92 Å². The van der Waals surface area contributed by atoms with Gasteiger partial charge < -0.3 is 10.5 Å². The van der Waals surface area contributed by atoms with E-state index in [1.54, 1.807) is 19.1 Å². The van der Waals surface area contributed by atoms with Gasteiger partial charge >= 0.3 is 0 Å². The van der Waals surface area contributed by atoms with E-state index in [9.17, 15) is 24.0 Å². The van der Waals surface area contributed by atoms with Crippen LogP contribution in [0.2, 0.25) is 0 Å². The van der Waals surface area contributed by atoms with E-state index in [1.165, 1.54) is 24.3 Å². The molecule has 5 rings (SSSR count). The number of aromatic nitrogens is 2. The lowest BCUT2D eigenvalue weighted by Crippen LogP contribution is -2.19. The highest BCUT2D eigenvalue weighted by molar-refractivity contribution is 6.04. The van der Waals surface area contributed by atoms with Gasteiger partial charge in [0.15, 0.2) is 11.5 Å². The second kappa shape index (κ2) is 9.42. The Hall–Kier alpha value is -4.51. The number of hydrogen-bond acceptors (Lipinski definition) is 4. The summed E-state index contributed by atoms with van der Waals surface area (Å²) in [5.74, 6) is -4.23. The molecule has 0 spiro atoms. The Morgan fingerprint density at radius 1 is 1.05 bits per heavy atom. The number of imidazole rings is 1. The maximum absolute atomic E-state index is 14.6. The van der Waals surface area contributed by atoms with E-state index in [0.29, 0.717) is 28.7 Å². The quantitative estimate of drug-likeness (QED) is 0.272. The number of halogens is 2. The Morgan fingerprint density at radius 2 is 1.71 bits per heavy atom. The van der Waals surface area contributed by atoms with E-state index in [4.69, 9.17) is 0 Å². The number of alkyl halides is 2. The molecule has 1 amide bonds. The first kappa shape index (κ1) is 25.2. The third kappa shape index (κ3) is 4.52. The van der Waals surface area contributed by atoms with Crippen LogP contribution in [0.15, 0.2) is 60.7 Å².